The molecule has 112 valence electrons. The van der Waals surface area contributed by atoms with Crippen molar-refractivity contribution in [3.05, 3.63) is 28.8 Å². The van der Waals surface area contributed by atoms with Gasteiger partial charge < -0.3 is 15.0 Å². The molecule has 0 amide bonds. The summed E-state index contributed by atoms with van der Waals surface area (Å²) in [5, 5.41) is 4.24. The Hall–Kier alpha value is -0.770. The second-order valence-corrected chi connectivity index (χ2v) is 5.80. The summed E-state index contributed by atoms with van der Waals surface area (Å²) in [6.45, 7) is 6.75. The molecule has 0 saturated heterocycles. The molecule has 0 aliphatic heterocycles. The maximum absolute atomic E-state index is 6.40. The summed E-state index contributed by atoms with van der Waals surface area (Å²) in [6, 6.07) is 6.21. The van der Waals surface area contributed by atoms with Crippen LogP contribution in [0, 0.1) is 5.92 Å². The number of methoxy groups -OCH3 is 1. The first kappa shape index (κ1) is 15.6. The molecule has 0 unspecified atom stereocenters. The third-order valence-corrected chi connectivity index (χ3v) is 4.13. The fraction of sp³-hybridized carbons (Fsp3) is 0.625. The number of anilines is 1. The quantitative estimate of drug-likeness (QED) is 0.708. The minimum absolute atomic E-state index is 0.722. The average molecular weight is 297 g/mol. The molecule has 1 aromatic carbocycles. The summed E-state index contributed by atoms with van der Waals surface area (Å²) in [5.74, 6) is 0.878. The Morgan fingerprint density at radius 2 is 2.20 bits per heavy atom. The third-order valence-electron chi connectivity index (χ3n) is 3.78. The van der Waals surface area contributed by atoms with Crippen molar-refractivity contribution in [2.45, 2.75) is 26.3 Å². The Morgan fingerprint density at radius 3 is 2.85 bits per heavy atom. The van der Waals surface area contributed by atoms with Gasteiger partial charge in [0.1, 0.15) is 0 Å². The largest absolute Gasteiger partial charge is 0.383 e. The van der Waals surface area contributed by atoms with E-state index < -0.39 is 0 Å². The first-order valence-corrected chi connectivity index (χ1v) is 7.86. The lowest BCUT2D eigenvalue weighted by atomic mass is 10.1. The molecule has 3 nitrogen and oxygen atoms in total. The minimum atomic E-state index is 0.722. The topological polar surface area (TPSA) is 24.5 Å². The van der Waals surface area contributed by atoms with Gasteiger partial charge >= 0.3 is 0 Å². The van der Waals surface area contributed by atoms with Gasteiger partial charge in [-0.15, -0.1) is 0 Å². The Bertz CT molecular complexity index is 421. The van der Waals surface area contributed by atoms with Crippen LogP contribution in [0.2, 0.25) is 5.02 Å². The van der Waals surface area contributed by atoms with Gasteiger partial charge in [-0.1, -0.05) is 17.7 Å². The number of nitrogens with zero attached hydrogens (tertiary/aromatic N) is 1. The Morgan fingerprint density at radius 1 is 1.40 bits per heavy atom. The molecular formula is C16H25ClN2O. The van der Waals surface area contributed by atoms with E-state index in [-0.39, 0.29) is 0 Å². The van der Waals surface area contributed by atoms with E-state index in [1.807, 2.05) is 12.1 Å². The summed E-state index contributed by atoms with van der Waals surface area (Å²) in [7, 11) is 1.72. The molecule has 1 saturated carbocycles. The van der Waals surface area contributed by atoms with Crippen molar-refractivity contribution in [3.8, 4) is 0 Å². The van der Waals surface area contributed by atoms with Gasteiger partial charge in [-0.2, -0.15) is 0 Å². The van der Waals surface area contributed by atoms with Crippen LogP contribution in [0.3, 0.4) is 0 Å². The molecular weight excluding hydrogens is 272 g/mol. The van der Waals surface area contributed by atoms with Gasteiger partial charge in [0.2, 0.25) is 0 Å². The van der Waals surface area contributed by atoms with E-state index in [1.165, 1.54) is 24.1 Å². The van der Waals surface area contributed by atoms with Crippen LogP contribution < -0.4 is 10.2 Å². The predicted octanol–water partition coefficient (Wildman–Crippen LogP) is 3.31. The van der Waals surface area contributed by atoms with Crippen LogP contribution in [0.5, 0.6) is 0 Å². The highest BCUT2D eigenvalue weighted by atomic mass is 35.5. The number of halogens is 1. The fourth-order valence-electron chi connectivity index (χ4n) is 2.42. The number of benzene rings is 1. The molecule has 4 heteroatoms. The van der Waals surface area contributed by atoms with Crippen molar-refractivity contribution < 1.29 is 4.74 Å². The first-order chi connectivity index (χ1) is 9.76. The van der Waals surface area contributed by atoms with Gasteiger partial charge in [-0.05, 0) is 37.8 Å². The molecule has 20 heavy (non-hydrogen) atoms. The second kappa shape index (κ2) is 7.87. The van der Waals surface area contributed by atoms with Crippen LogP contribution in [0.1, 0.15) is 25.3 Å². The van der Waals surface area contributed by atoms with E-state index in [0.717, 1.165) is 43.7 Å². The highest BCUT2D eigenvalue weighted by molar-refractivity contribution is 6.31. The molecule has 2 rings (SSSR count). The molecule has 0 heterocycles. The summed E-state index contributed by atoms with van der Waals surface area (Å²) >= 11 is 6.40. The SMILES string of the molecule is CCN(CC1CC1)c1cccc(Cl)c1CNCCOC. The van der Waals surface area contributed by atoms with Crippen molar-refractivity contribution in [1.29, 1.82) is 0 Å². The molecule has 0 radical (unpaired) electrons. The Balaban J connectivity index is 2.06. The van der Waals surface area contributed by atoms with Crippen LogP contribution in [0.15, 0.2) is 18.2 Å². The Kier molecular flexibility index (Phi) is 6.14. The number of ether oxygens (including phenoxy) is 1. The normalized spacial score (nSPS) is 14.6. The minimum Gasteiger partial charge on any atom is -0.383 e. The second-order valence-electron chi connectivity index (χ2n) is 5.39. The van der Waals surface area contributed by atoms with E-state index in [0.29, 0.717) is 0 Å². The average Bonchev–Trinajstić information content (AvgIpc) is 3.26. The maximum Gasteiger partial charge on any atom is 0.0587 e. The molecule has 1 fully saturated rings. The summed E-state index contributed by atoms with van der Waals surface area (Å²) in [5.41, 5.74) is 2.48. The maximum atomic E-state index is 6.40. The molecule has 0 atom stereocenters. The van der Waals surface area contributed by atoms with Gasteiger partial charge in [-0.3, -0.25) is 0 Å². The standard InChI is InChI=1S/C16H25ClN2O/c1-3-19(12-13-7-8-13)16-6-4-5-15(17)14(16)11-18-9-10-20-2/h4-6,13,18H,3,7-12H2,1-2H3. The van der Waals surface area contributed by atoms with E-state index in [2.05, 4.69) is 23.2 Å². The van der Waals surface area contributed by atoms with Crippen molar-refractivity contribution in [2.24, 2.45) is 5.92 Å². The van der Waals surface area contributed by atoms with Gasteiger partial charge in [-0.25, -0.2) is 0 Å². The zero-order chi connectivity index (χ0) is 14.4. The van der Waals surface area contributed by atoms with Crippen LogP contribution in [-0.4, -0.2) is 33.4 Å². The van der Waals surface area contributed by atoms with Gasteiger partial charge in [0.05, 0.1) is 6.61 Å². The Labute approximate surface area is 127 Å². The van der Waals surface area contributed by atoms with E-state index in [4.69, 9.17) is 16.3 Å². The molecule has 0 bridgehead atoms. The van der Waals surface area contributed by atoms with Crippen molar-refractivity contribution >= 4 is 17.3 Å². The number of hydrogen-bond acceptors (Lipinski definition) is 3. The zero-order valence-electron chi connectivity index (χ0n) is 12.5. The van der Waals surface area contributed by atoms with Gasteiger partial charge in [0.25, 0.3) is 0 Å². The monoisotopic (exact) mass is 296 g/mol. The summed E-state index contributed by atoms with van der Waals surface area (Å²) < 4.78 is 5.06. The number of hydrogen-bond donors (Lipinski definition) is 1. The molecule has 0 spiro atoms. The third kappa shape index (κ3) is 4.37. The van der Waals surface area contributed by atoms with E-state index >= 15 is 0 Å². The van der Waals surface area contributed by atoms with E-state index in [1.54, 1.807) is 7.11 Å². The molecule has 0 aromatic heterocycles. The highest BCUT2D eigenvalue weighted by Crippen LogP contribution is 2.34. The highest BCUT2D eigenvalue weighted by Gasteiger charge is 2.25. The van der Waals surface area contributed by atoms with E-state index in [9.17, 15) is 0 Å². The molecule has 1 aromatic rings. The fourth-order valence-corrected chi connectivity index (χ4v) is 2.65. The smallest absolute Gasteiger partial charge is 0.0587 e. The lowest BCUT2D eigenvalue weighted by Gasteiger charge is -2.26. The lowest BCUT2D eigenvalue weighted by Crippen LogP contribution is -2.28. The number of nitrogens with one attached hydrogen (secondary N) is 1. The van der Waals surface area contributed by atoms with Crippen LogP contribution in [0.25, 0.3) is 0 Å². The van der Waals surface area contributed by atoms with Crippen LogP contribution in [0.4, 0.5) is 5.69 Å². The van der Waals surface area contributed by atoms with Gasteiger partial charge in [0.15, 0.2) is 0 Å². The van der Waals surface area contributed by atoms with Crippen molar-refractivity contribution in [2.75, 3.05) is 38.3 Å². The molecule has 1 aliphatic rings. The van der Waals surface area contributed by atoms with Crippen molar-refractivity contribution in [1.82, 2.24) is 5.32 Å². The van der Waals surface area contributed by atoms with Gasteiger partial charge in [0, 0.05) is 49.6 Å². The van der Waals surface area contributed by atoms with Crippen LogP contribution >= 0.6 is 11.6 Å². The summed E-state index contributed by atoms with van der Waals surface area (Å²) in [6.07, 6.45) is 2.75. The lowest BCUT2D eigenvalue weighted by molar-refractivity contribution is 0.199. The number of rotatable bonds is 9. The van der Waals surface area contributed by atoms with Crippen molar-refractivity contribution in [3.63, 3.8) is 0 Å². The summed E-state index contributed by atoms with van der Waals surface area (Å²) in [4.78, 5) is 2.46. The zero-order valence-corrected chi connectivity index (χ0v) is 13.2. The molecule has 1 N–H and O–H groups in total. The first-order valence-electron chi connectivity index (χ1n) is 7.48. The predicted molar refractivity (Wildman–Crippen MR) is 85.6 cm³/mol. The van der Waals surface area contributed by atoms with Crippen LogP contribution in [-0.2, 0) is 11.3 Å². The molecule has 1 aliphatic carbocycles.